The molecule has 0 saturated heterocycles. The number of hydrogen-bond acceptors (Lipinski definition) is 3. The van der Waals surface area contributed by atoms with Crippen LogP contribution in [0.1, 0.15) is 15.9 Å². The highest BCUT2D eigenvalue weighted by atomic mass is 35.5. The van der Waals surface area contributed by atoms with Gasteiger partial charge in [-0.25, -0.2) is 4.79 Å². The molecule has 6 heteroatoms. The van der Waals surface area contributed by atoms with E-state index < -0.39 is 5.97 Å². The SMILES string of the molecule is O=C(O)c1ccc(=O)n(Cc2ccc3ncc(Cl)cc3c2)c1. The van der Waals surface area contributed by atoms with Gasteiger partial charge in [-0.15, -0.1) is 0 Å². The standard InChI is InChI=1S/C16H11ClN2O3/c17-13-6-12-5-10(1-3-14(12)18-7-13)8-19-9-11(16(21)22)2-4-15(19)20/h1-7,9H,8H2,(H,21,22). The first kappa shape index (κ1) is 14.3. The van der Waals surface area contributed by atoms with E-state index in [1.807, 2.05) is 18.2 Å². The second-order valence-electron chi connectivity index (χ2n) is 4.87. The Morgan fingerprint density at radius 2 is 2.05 bits per heavy atom. The number of pyridine rings is 2. The van der Waals surface area contributed by atoms with Gasteiger partial charge in [-0.1, -0.05) is 17.7 Å². The van der Waals surface area contributed by atoms with Crippen molar-refractivity contribution in [3.63, 3.8) is 0 Å². The van der Waals surface area contributed by atoms with Crippen molar-refractivity contribution in [2.24, 2.45) is 0 Å². The molecule has 0 spiro atoms. The average Bonchev–Trinajstić information content (AvgIpc) is 2.49. The van der Waals surface area contributed by atoms with E-state index >= 15 is 0 Å². The number of rotatable bonds is 3. The van der Waals surface area contributed by atoms with Gasteiger partial charge in [-0.3, -0.25) is 9.78 Å². The lowest BCUT2D eigenvalue weighted by Gasteiger charge is -2.08. The molecule has 3 aromatic rings. The zero-order chi connectivity index (χ0) is 15.7. The van der Waals surface area contributed by atoms with Crippen LogP contribution in [-0.4, -0.2) is 20.6 Å². The fourth-order valence-corrected chi connectivity index (χ4v) is 2.40. The second kappa shape index (κ2) is 5.61. The van der Waals surface area contributed by atoms with Gasteiger partial charge in [0.1, 0.15) is 0 Å². The van der Waals surface area contributed by atoms with Crippen LogP contribution in [0.2, 0.25) is 5.02 Å². The van der Waals surface area contributed by atoms with Crippen molar-refractivity contribution in [3.8, 4) is 0 Å². The maximum Gasteiger partial charge on any atom is 0.337 e. The summed E-state index contributed by atoms with van der Waals surface area (Å²) in [7, 11) is 0. The molecule has 110 valence electrons. The summed E-state index contributed by atoms with van der Waals surface area (Å²) in [6.45, 7) is 0.280. The minimum atomic E-state index is -1.07. The highest BCUT2D eigenvalue weighted by Crippen LogP contribution is 2.18. The minimum Gasteiger partial charge on any atom is -0.478 e. The Kier molecular flexibility index (Phi) is 3.65. The Morgan fingerprint density at radius 1 is 1.23 bits per heavy atom. The Balaban J connectivity index is 2.01. The van der Waals surface area contributed by atoms with Crippen LogP contribution in [0.4, 0.5) is 0 Å². The second-order valence-corrected chi connectivity index (χ2v) is 5.31. The van der Waals surface area contributed by atoms with Gasteiger partial charge in [0.05, 0.1) is 22.6 Å². The number of fused-ring (bicyclic) bond motifs is 1. The van der Waals surface area contributed by atoms with Gasteiger partial charge in [0.25, 0.3) is 5.56 Å². The molecular weight excluding hydrogens is 304 g/mol. The average molecular weight is 315 g/mol. The molecule has 0 amide bonds. The first-order valence-electron chi connectivity index (χ1n) is 6.51. The van der Waals surface area contributed by atoms with Gasteiger partial charge in [-0.2, -0.15) is 0 Å². The summed E-state index contributed by atoms with van der Waals surface area (Å²) >= 11 is 5.93. The zero-order valence-electron chi connectivity index (χ0n) is 11.4. The topological polar surface area (TPSA) is 72.2 Å². The third-order valence-electron chi connectivity index (χ3n) is 3.30. The summed E-state index contributed by atoms with van der Waals surface area (Å²) in [5, 5.41) is 10.4. The molecule has 1 N–H and O–H groups in total. The van der Waals surface area contributed by atoms with Crippen LogP contribution in [0.15, 0.2) is 53.6 Å². The summed E-state index contributed by atoms with van der Waals surface area (Å²) in [5.74, 6) is -1.07. The predicted molar refractivity (Wildman–Crippen MR) is 83.5 cm³/mol. The molecule has 0 unspecified atom stereocenters. The third-order valence-corrected chi connectivity index (χ3v) is 3.50. The van der Waals surface area contributed by atoms with E-state index in [4.69, 9.17) is 16.7 Å². The van der Waals surface area contributed by atoms with E-state index in [0.717, 1.165) is 16.5 Å². The highest BCUT2D eigenvalue weighted by molar-refractivity contribution is 6.31. The van der Waals surface area contributed by atoms with Crippen LogP contribution < -0.4 is 5.56 Å². The molecule has 0 saturated carbocycles. The summed E-state index contributed by atoms with van der Waals surface area (Å²) in [4.78, 5) is 27.0. The van der Waals surface area contributed by atoms with Crippen LogP contribution in [0, 0.1) is 0 Å². The molecule has 2 heterocycles. The third kappa shape index (κ3) is 2.84. The lowest BCUT2D eigenvalue weighted by molar-refractivity contribution is 0.0696. The zero-order valence-corrected chi connectivity index (χ0v) is 12.1. The van der Waals surface area contributed by atoms with Crippen LogP contribution in [-0.2, 0) is 6.54 Å². The van der Waals surface area contributed by atoms with Crippen LogP contribution in [0.25, 0.3) is 10.9 Å². The van der Waals surface area contributed by atoms with E-state index in [9.17, 15) is 9.59 Å². The number of carboxylic acid groups (broad SMARTS) is 1. The molecule has 0 radical (unpaired) electrons. The van der Waals surface area contributed by atoms with E-state index in [2.05, 4.69) is 4.98 Å². The van der Waals surface area contributed by atoms with Gasteiger partial charge in [0.2, 0.25) is 0 Å². The Bertz CT molecular complexity index is 934. The fraction of sp³-hybridized carbons (Fsp3) is 0.0625. The number of benzene rings is 1. The van der Waals surface area contributed by atoms with E-state index in [0.29, 0.717) is 5.02 Å². The van der Waals surface area contributed by atoms with Crippen LogP contribution in [0.5, 0.6) is 0 Å². The normalized spacial score (nSPS) is 10.8. The number of carbonyl (C=O) groups is 1. The summed E-state index contributed by atoms with van der Waals surface area (Å²) in [5.41, 5.74) is 1.49. The lowest BCUT2D eigenvalue weighted by atomic mass is 10.1. The number of halogens is 1. The summed E-state index contributed by atoms with van der Waals surface area (Å²) in [6.07, 6.45) is 2.91. The molecule has 2 aromatic heterocycles. The van der Waals surface area contributed by atoms with Gasteiger partial charge in [0.15, 0.2) is 0 Å². The van der Waals surface area contributed by atoms with Crippen molar-refractivity contribution < 1.29 is 9.90 Å². The van der Waals surface area contributed by atoms with Crippen molar-refractivity contribution in [1.29, 1.82) is 0 Å². The van der Waals surface area contributed by atoms with Crippen molar-refractivity contribution in [2.45, 2.75) is 6.54 Å². The van der Waals surface area contributed by atoms with Gasteiger partial charge >= 0.3 is 5.97 Å². The van der Waals surface area contributed by atoms with Crippen molar-refractivity contribution in [2.75, 3.05) is 0 Å². The van der Waals surface area contributed by atoms with Crippen LogP contribution in [0.3, 0.4) is 0 Å². The number of aromatic carboxylic acids is 1. The molecule has 0 aliphatic rings. The molecule has 5 nitrogen and oxygen atoms in total. The summed E-state index contributed by atoms with van der Waals surface area (Å²) < 4.78 is 1.36. The molecule has 22 heavy (non-hydrogen) atoms. The smallest absolute Gasteiger partial charge is 0.337 e. The number of nitrogens with zero attached hydrogens (tertiary/aromatic N) is 2. The minimum absolute atomic E-state index is 0.0742. The van der Waals surface area contributed by atoms with Crippen molar-refractivity contribution in [3.05, 3.63) is 75.3 Å². The molecule has 0 atom stereocenters. The lowest BCUT2D eigenvalue weighted by Crippen LogP contribution is -2.20. The quantitative estimate of drug-likeness (QED) is 0.807. The van der Waals surface area contributed by atoms with Gasteiger partial charge in [-0.05, 0) is 29.8 Å². The monoisotopic (exact) mass is 314 g/mol. The molecule has 0 fully saturated rings. The molecule has 0 aliphatic heterocycles. The van der Waals surface area contributed by atoms with Gasteiger partial charge < -0.3 is 9.67 Å². The van der Waals surface area contributed by atoms with Crippen LogP contribution >= 0.6 is 11.6 Å². The van der Waals surface area contributed by atoms with Crippen molar-refractivity contribution >= 4 is 28.5 Å². The molecule has 1 aromatic carbocycles. The molecule has 0 bridgehead atoms. The molecular formula is C16H11ClN2O3. The van der Waals surface area contributed by atoms with E-state index in [1.54, 1.807) is 12.3 Å². The summed E-state index contributed by atoms with van der Waals surface area (Å²) in [6, 6.07) is 9.92. The highest BCUT2D eigenvalue weighted by Gasteiger charge is 2.06. The number of carboxylic acids is 1. The van der Waals surface area contributed by atoms with E-state index in [-0.39, 0.29) is 17.7 Å². The first-order chi connectivity index (χ1) is 10.5. The Hall–Kier alpha value is -2.66. The largest absolute Gasteiger partial charge is 0.478 e. The number of aromatic nitrogens is 2. The number of hydrogen-bond donors (Lipinski definition) is 1. The first-order valence-corrected chi connectivity index (χ1v) is 6.89. The van der Waals surface area contributed by atoms with E-state index in [1.165, 1.54) is 22.9 Å². The molecule has 3 rings (SSSR count). The molecule has 0 aliphatic carbocycles. The fourth-order valence-electron chi connectivity index (χ4n) is 2.23. The van der Waals surface area contributed by atoms with Crippen molar-refractivity contribution in [1.82, 2.24) is 9.55 Å². The Labute approximate surface area is 130 Å². The Morgan fingerprint density at radius 3 is 2.82 bits per heavy atom. The predicted octanol–water partition coefficient (Wildman–Crippen LogP) is 2.80. The maximum absolute atomic E-state index is 11.9. The maximum atomic E-state index is 11.9. The van der Waals surface area contributed by atoms with Gasteiger partial charge in [0, 0.05) is 23.8 Å².